The number of hydrogen-bond acceptors (Lipinski definition) is 2. The summed E-state index contributed by atoms with van der Waals surface area (Å²) in [6.45, 7) is 6.25. The summed E-state index contributed by atoms with van der Waals surface area (Å²) in [4.78, 5) is 2.77. The van der Waals surface area contributed by atoms with Crippen molar-refractivity contribution in [2.24, 2.45) is 0 Å². The molecule has 0 aromatic rings. The average Bonchev–Trinajstić information content (AvgIpc) is 2.55. The lowest BCUT2D eigenvalue weighted by Crippen LogP contribution is -2.47. The summed E-state index contributed by atoms with van der Waals surface area (Å²) in [6.07, 6.45) is 11.3. The van der Waals surface area contributed by atoms with Crippen LogP contribution in [-0.4, -0.2) is 36.6 Å². The molecule has 2 heteroatoms. The highest BCUT2D eigenvalue weighted by atomic mass is 15.2. The molecular weight excluding hydrogens is 196 g/mol. The Kier molecular flexibility index (Phi) is 5.11. The fourth-order valence-corrected chi connectivity index (χ4v) is 3.30. The number of rotatable bonds is 3. The minimum atomic E-state index is 0.779. The highest BCUT2D eigenvalue weighted by molar-refractivity contribution is 4.81. The van der Waals surface area contributed by atoms with Crippen LogP contribution in [0, 0.1) is 0 Å². The van der Waals surface area contributed by atoms with Gasteiger partial charge in [-0.15, -0.1) is 0 Å². The van der Waals surface area contributed by atoms with Crippen LogP contribution in [0.15, 0.2) is 0 Å². The van der Waals surface area contributed by atoms with Gasteiger partial charge in [-0.05, 0) is 45.2 Å². The summed E-state index contributed by atoms with van der Waals surface area (Å²) >= 11 is 0. The molecule has 0 amide bonds. The quantitative estimate of drug-likeness (QED) is 0.793. The molecule has 2 rings (SSSR count). The normalized spacial score (nSPS) is 33.6. The monoisotopic (exact) mass is 224 g/mol. The van der Waals surface area contributed by atoms with Gasteiger partial charge in [-0.1, -0.05) is 26.2 Å². The van der Waals surface area contributed by atoms with E-state index in [0.717, 1.165) is 12.1 Å². The van der Waals surface area contributed by atoms with Crippen LogP contribution in [0.4, 0.5) is 0 Å². The van der Waals surface area contributed by atoms with Crippen LogP contribution in [0.2, 0.25) is 0 Å². The maximum atomic E-state index is 3.69. The molecule has 2 unspecified atom stereocenters. The fourth-order valence-electron chi connectivity index (χ4n) is 3.30. The Morgan fingerprint density at radius 1 is 1.06 bits per heavy atom. The molecule has 2 heterocycles. The SMILES string of the molecule is CCC1CCCCCN1CC1CCCCN1. The Labute approximate surface area is 101 Å². The van der Waals surface area contributed by atoms with E-state index >= 15 is 0 Å². The van der Waals surface area contributed by atoms with Gasteiger partial charge in [-0.2, -0.15) is 0 Å². The van der Waals surface area contributed by atoms with Crippen LogP contribution >= 0.6 is 0 Å². The van der Waals surface area contributed by atoms with Crippen molar-refractivity contribution in [1.29, 1.82) is 0 Å². The van der Waals surface area contributed by atoms with E-state index in [2.05, 4.69) is 17.1 Å². The van der Waals surface area contributed by atoms with Crippen molar-refractivity contribution in [2.45, 2.75) is 70.4 Å². The van der Waals surface area contributed by atoms with Crippen molar-refractivity contribution in [3.63, 3.8) is 0 Å². The predicted molar refractivity (Wildman–Crippen MR) is 69.8 cm³/mol. The molecule has 16 heavy (non-hydrogen) atoms. The van der Waals surface area contributed by atoms with E-state index in [1.807, 2.05) is 0 Å². The molecule has 2 nitrogen and oxygen atoms in total. The molecular formula is C14H28N2. The second-order valence-electron chi connectivity index (χ2n) is 5.55. The van der Waals surface area contributed by atoms with Crippen molar-refractivity contribution >= 4 is 0 Å². The first-order chi connectivity index (χ1) is 7.90. The first-order valence-corrected chi connectivity index (χ1v) is 7.37. The van der Waals surface area contributed by atoms with E-state index in [-0.39, 0.29) is 0 Å². The van der Waals surface area contributed by atoms with E-state index in [1.54, 1.807) is 0 Å². The summed E-state index contributed by atoms with van der Waals surface area (Å²) < 4.78 is 0. The van der Waals surface area contributed by atoms with Crippen molar-refractivity contribution in [1.82, 2.24) is 10.2 Å². The van der Waals surface area contributed by atoms with Gasteiger partial charge in [0.1, 0.15) is 0 Å². The Hall–Kier alpha value is -0.0800. The molecule has 0 saturated carbocycles. The summed E-state index contributed by atoms with van der Waals surface area (Å²) in [7, 11) is 0. The average molecular weight is 224 g/mol. The lowest BCUT2D eigenvalue weighted by Gasteiger charge is -2.34. The molecule has 2 aliphatic rings. The largest absolute Gasteiger partial charge is 0.313 e. The smallest absolute Gasteiger partial charge is 0.0195 e. The Bertz CT molecular complexity index is 187. The van der Waals surface area contributed by atoms with Gasteiger partial charge < -0.3 is 5.32 Å². The summed E-state index contributed by atoms with van der Waals surface area (Å²) in [6, 6.07) is 1.65. The molecule has 2 atom stereocenters. The van der Waals surface area contributed by atoms with Gasteiger partial charge >= 0.3 is 0 Å². The van der Waals surface area contributed by atoms with Crippen molar-refractivity contribution in [3.05, 3.63) is 0 Å². The van der Waals surface area contributed by atoms with Crippen LogP contribution in [0.1, 0.15) is 58.3 Å². The highest BCUT2D eigenvalue weighted by Crippen LogP contribution is 2.20. The molecule has 1 N–H and O–H groups in total. The van der Waals surface area contributed by atoms with Gasteiger partial charge in [-0.25, -0.2) is 0 Å². The number of nitrogens with one attached hydrogen (secondary N) is 1. The first-order valence-electron chi connectivity index (χ1n) is 7.37. The molecule has 0 bridgehead atoms. The topological polar surface area (TPSA) is 15.3 Å². The molecule has 2 saturated heterocycles. The van der Waals surface area contributed by atoms with Gasteiger partial charge in [-0.3, -0.25) is 4.90 Å². The third kappa shape index (κ3) is 3.46. The molecule has 0 radical (unpaired) electrons. The Balaban J connectivity index is 1.83. The van der Waals surface area contributed by atoms with Gasteiger partial charge in [0.05, 0.1) is 0 Å². The summed E-state index contributed by atoms with van der Waals surface area (Å²) in [5.74, 6) is 0. The molecule has 2 fully saturated rings. The Morgan fingerprint density at radius 3 is 2.69 bits per heavy atom. The van der Waals surface area contributed by atoms with E-state index in [0.29, 0.717) is 0 Å². The van der Waals surface area contributed by atoms with Gasteiger partial charge in [0.15, 0.2) is 0 Å². The minimum absolute atomic E-state index is 0.779. The number of likely N-dealkylation sites (tertiary alicyclic amines) is 1. The lowest BCUT2D eigenvalue weighted by atomic mass is 10.0. The second kappa shape index (κ2) is 6.61. The maximum Gasteiger partial charge on any atom is 0.0195 e. The van der Waals surface area contributed by atoms with Gasteiger partial charge in [0.2, 0.25) is 0 Å². The third-order valence-corrected chi connectivity index (χ3v) is 4.34. The summed E-state index contributed by atoms with van der Waals surface area (Å²) in [5, 5.41) is 3.69. The van der Waals surface area contributed by atoms with Crippen molar-refractivity contribution < 1.29 is 0 Å². The standard InChI is InChI=1S/C14H28N2/c1-2-14-9-4-3-7-11-16(14)12-13-8-5-6-10-15-13/h13-15H,2-12H2,1H3. The van der Waals surface area contributed by atoms with Crippen LogP contribution in [0.5, 0.6) is 0 Å². The van der Waals surface area contributed by atoms with Crippen LogP contribution in [-0.2, 0) is 0 Å². The molecule has 0 aromatic heterocycles. The van der Waals surface area contributed by atoms with Crippen LogP contribution in [0.3, 0.4) is 0 Å². The van der Waals surface area contributed by atoms with Crippen molar-refractivity contribution in [2.75, 3.05) is 19.6 Å². The minimum Gasteiger partial charge on any atom is -0.313 e. The predicted octanol–water partition coefficient (Wildman–Crippen LogP) is 2.78. The lowest BCUT2D eigenvalue weighted by molar-refractivity contribution is 0.164. The highest BCUT2D eigenvalue weighted by Gasteiger charge is 2.23. The maximum absolute atomic E-state index is 3.69. The van der Waals surface area contributed by atoms with Crippen LogP contribution < -0.4 is 5.32 Å². The Morgan fingerprint density at radius 2 is 1.94 bits per heavy atom. The number of hydrogen-bond donors (Lipinski definition) is 1. The zero-order valence-corrected chi connectivity index (χ0v) is 10.9. The van der Waals surface area contributed by atoms with Gasteiger partial charge in [0.25, 0.3) is 0 Å². The van der Waals surface area contributed by atoms with E-state index in [9.17, 15) is 0 Å². The molecule has 0 aromatic carbocycles. The summed E-state index contributed by atoms with van der Waals surface area (Å²) in [5.41, 5.74) is 0. The van der Waals surface area contributed by atoms with Crippen LogP contribution in [0.25, 0.3) is 0 Å². The molecule has 94 valence electrons. The zero-order chi connectivity index (χ0) is 11.2. The second-order valence-corrected chi connectivity index (χ2v) is 5.55. The van der Waals surface area contributed by atoms with E-state index in [1.165, 1.54) is 71.0 Å². The molecule has 0 aliphatic carbocycles. The van der Waals surface area contributed by atoms with Gasteiger partial charge in [0, 0.05) is 18.6 Å². The van der Waals surface area contributed by atoms with E-state index in [4.69, 9.17) is 0 Å². The molecule has 2 aliphatic heterocycles. The van der Waals surface area contributed by atoms with E-state index < -0.39 is 0 Å². The third-order valence-electron chi connectivity index (χ3n) is 4.34. The molecule has 0 spiro atoms. The zero-order valence-electron chi connectivity index (χ0n) is 10.9. The first kappa shape index (κ1) is 12.4. The number of nitrogens with zero attached hydrogens (tertiary/aromatic N) is 1. The number of piperidine rings is 1. The van der Waals surface area contributed by atoms with Crippen molar-refractivity contribution in [3.8, 4) is 0 Å². The fraction of sp³-hybridized carbons (Fsp3) is 1.00.